The normalized spacial score (nSPS) is 18.4. The highest BCUT2D eigenvalue weighted by Crippen LogP contribution is 2.25. The van der Waals surface area contributed by atoms with Crippen molar-refractivity contribution in [3.63, 3.8) is 0 Å². The summed E-state index contributed by atoms with van der Waals surface area (Å²) in [4.78, 5) is 22.6. The molecule has 1 amide bonds. The fraction of sp³-hybridized carbons (Fsp3) is 0.500. The lowest BCUT2D eigenvalue weighted by molar-refractivity contribution is -0.132. The Morgan fingerprint density at radius 2 is 2.23 bits per heavy atom. The molecule has 2 aromatic heterocycles. The van der Waals surface area contributed by atoms with Crippen molar-refractivity contribution in [1.82, 2.24) is 20.0 Å². The summed E-state index contributed by atoms with van der Waals surface area (Å²) in [5, 5.41) is 4.00. The van der Waals surface area contributed by atoms with Gasteiger partial charge < -0.3 is 9.42 Å². The Bertz CT molecular complexity index is 626. The minimum atomic E-state index is 0.191. The molecule has 0 N–H and O–H groups in total. The third-order valence-corrected chi connectivity index (χ3v) is 4.06. The van der Waals surface area contributed by atoms with Crippen molar-refractivity contribution >= 4 is 5.91 Å². The maximum absolute atomic E-state index is 12.4. The first-order valence-corrected chi connectivity index (χ1v) is 7.69. The molecule has 1 aliphatic heterocycles. The van der Waals surface area contributed by atoms with Crippen LogP contribution in [0.1, 0.15) is 42.5 Å². The van der Waals surface area contributed by atoms with Gasteiger partial charge in [0.25, 0.3) is 0 Å². The first-order valence-electron chi connectivity index (χ1n) is 7.69. The molecule has 0 aromatic carbocycles. The maximum atomic E-state index is 12.4. The zero-order valence-corrected chi connectivity index (χ0v) is 12.7. The van der Waals surface area contributed by atoms with Crippen LogP contribution in [0.2, 0.25) is 0 Å². The summed E-state index contributed by atoms with van der Waals surface area (Å²) in [7, 11) is 0. The molecule has 0 aliphatic carbocycles. The van der Waals surface area contributed by atoms with Crippen LogP contribution in [0.25, 0.3) is 0 Å². The molecule has 0 radical (unpaired) electrons. The topological polar surface area (TPSA) is 72.1 Å². The van der Waals surface area contributed by atoms with Gasteiger partial charge in [0.2, 0.25) is 11.8 Å². The Balaban J connectivity index is 1.56. The minimum absolute atomic E-state index is 0.191. The summed E-state index contributed by atoms with van der Waals surface area (Å²) in [5.74, 6) is 1.69. The predicted octanol–water partition coefficient (Wildman–Crippen LogP) is 2.11. The van der Waals surface area contributed by atoms with Gasteiger partial charge in [0, 0.05) is 44.7 Å². The maximum Gasteiger partial charge on any atom is 0.223 e. The molecule has 2 aromatic rings. The van der Waals surface area contributed by atoms with Gasteiger partial charge in [-0.3, -0.25) is 9.78 Å². The lowest BCUT2D eigenvalue weighted by atomic mass is 9.97. The summed E-state index contributed by atoms with van der Waals surface area (Å²) in [6, 6.07) is 3.91. The second kappa shape index (κ2) is 6.68. The Hall–Kier alpha value is -2.24. The third-order valence-electron chi connectivity index (χ3n) is 4.06. The second-order valence-corrected chi connectivity index (χ2v) is 5.71. The molecule has 3 rings (SSSR count). The smallest absolute Gasteiger partial charge is 0.223 e. The van der Waals surface area contributed by atoms with Crippen LogP contribution in [-0.4, -0.2) is 39.0 Å². The van der Waals surface area contributed by atoms with E-state index in [-0.39, 0.29) is 11.8 Å². The van der Waals surface area contributed by atoms with Crippen LogP contribution in [-0.2, 0) is 11.2 Å². The predicted molar refractivity (Wildman–Crippen MR) is 80.1 cm³/mol. The van der Waals surface area contributed by atoms with E-state index in [9.17, 15) is 4.79 Å². The van der Waals surface area contributed by atoms with E-state index < -0.39 is 0 Å². The molecule has 116 valence electrons. The SMILES string of the molecule is Cc1nc(C2CCCN(C(=O)CCc3ccncc3)C2)no1. The van der Waals surface area contributed by atoms with Crippen molar-refractivity contribution in [2.75, 3.05) is 13.1 Å². The Morgan fingerprint density at radius 3 is 2.95 bits per heavy atom. The van der Waals surface area contributed by atoms with Crippen LogP contribution < -0.4 is 0 Å². The number of likely N-dealkylation sites (tertiary alicyclic amines) is 1. The van der Waals surface area contributed by atoms with E-state index in [4.69, 9.17) is 4.52 Å². The van der Waals surface area contributed by atoms with E-state index in [1.807, 2.05) is 17.0 Å². The molecule has 1 aliphatic rings. The Kier molecular flexibility index (Phi) is 4.46. The van der Waals surface area contributed by atoms with Crippen LogP contribution >= 0.6 is 0 Å². The van der Waals surface area contributed by atoms with E-state index in [1.54, 1.807) is 19.3 Å². The summed E-state index contributed by atoms with van der Waals surface area (Å²) >= 11 is 0. The number of hydrogen-bond donors (Lipinski definition) is 0. The van der Waals surface area contributed by atoms with Gasteiger partial charge in [0.15, 0.2) is 5.82 Å². The van der Waals surface area contributed by atoms with Crippen molar-refractivity contribution in [3.05, 3.63) is 41.8 Å². The molecule has 1 atom stereocenters. The standard InChI is InChI=1S/C16H20N4O2/c1-12-18-16(19-22-12)14-3-2-10-20(11-14)15(21)5-4-13-6-8-17-9-7-13/h6-9,14H,2-5,10-11H2,1H3. The van der Waals surface area contributed by atoms with E-state index in [2.05, 4.69) is 15.1 Å². The fourth-order valence-corrected chi connectivity index (χ4v) is 2.85. The van der Waals surface area contributed by atoms with E-state index in [0.717, 1.165) is 37.2 Å². The van der Waals surface area contributed by atoms with Crippen molar-refractivity contribution in [1.29, 1.82) is 0 Å². The quantitative estimate of drug-likeness (QED) is 0.864. The molecule has 22 heavy (non-hydrogen) atoms. The lowest BCUT2D eigenvalue weighted by Crippen LogP contribution is -2.39. The number of pyridine rings is 1. The van der Waals surface area contributed by atoms with Crippen molar-refractivity contribution in [2.45, 2.75) is 38.5 Å². The molecule has 1 fully saturated rings. The average molecular weight is 300 g/mol. The van der Waals surface area contributed by atoms with Gasteiger partial charge in [-0.05, 0) is 37.0 Å². The molecule has 0 bridgehead atoms. The number of rotatable bonds is 4. The first-order chi connectivity index (χ1) is 10.7. The van der Waals surface area contributed by atoms with Crippen LogP contribution in [0, 0.1) is 6.92 Å². The largest absolute Gasteiger partial charge is 0.342 e. The second-order valence-electron chi connectivity index (χ2n) is 5.71. The van der Waals surface area contributed by atoms with Crippen LogP contribution in [0.15, 0.2) is 29.0 Å². The Labute approximate surface area is 129 Å². The van der Waals surface area contributed by atoms with Gasteiger partial charge in [-0.2, -0.15) is 4.98 Å². The zero-order valence-electron chi connectivity index (χ0n) is 12.7. The summed E-state index contributed by atoms with van der Waals surface area (Å²) in [6.45, 7) is 3.30. The molecule has 0 saturated carbocycles. The number of piperidine rings is 1. The molecular weight excluding hydrogens is 280 g/mol. The summed E-state index contributed by atoms with van der Waals surface area (Å²) in [6.07, 6.45) is 6.79. The van der Waals surface area contributed by atoms with E-state index in [1.165, 1.54) is 0 Å². The number of hydrogen-bond acceptors (Lipinski definition) is 5. The van der Waals surface area contributed by atoms with Gasteiger partial charge in [0.1, 0.15) is 0 Å². The fourth-order valence-electron chi connectivity index (χ4n) is 2.85. The van der Waals surface area contributed by atoms with Gasteiger partial charge in [-0.15, -0.1) is 0 Å². The molecule has 1 saturated heterocycles. The van der Waals surface area contributed by atoms with Crippen LogP contribution in [0.5, 0.6) is 0 Å². The number of nitrogens with zero attached hydrogens (tertiary/aromatic N) is 4. The minimum Gasteiger partial charge on any atom is -0.342 e. The van der Waals surface area contributed by atoms with Crippen molar-refractivity contribution < 1.29 is 9.32 Å². The molecule has 6 heteroatoms. The number of aryl methyl sites for hydroxylation is 2. The van der Waals surface area contributed by atoms with E-state index >= 15 is 0 Å². The molecule has 1 unspecified atom stereocenters. The molecule has 3 heterocycles. The summed E-state index contributed by atoms with van der Waals surface area (Å²) < 4.78 is 5.05. The number of carbonyl (C=O) groups is 1. The highest BCUT2D eigenvalue weighted by molar-refractivity contribution is 5.76. The van der Waals surface area contributed by atoms with Gasteiger partial charge in [-0.25, -0.2) is 0 Å². The average Bonchev–Trinajstić information content (AvgIpc) is 3.00. The van der Waals surface area contributed by atoms with Gasteiger partial charge in [0.05, 0.1) is 0 Å². The number of aromatic nitrogens is 3. The van der Waals surface area contributed by atoms with Crippen LogP contribution in [0.3, 0.4) is 0 Å². The van der Waals surface area contributed by atoms with Crippen molar-refractivity contribution in [2.24, 2.45) is 0 Å². The van der Waals surface area contributed by atoms with E-state index in [0.29, 0.717) is 18.9 Å². The van der Waals surface area contributed by atoms with Gasteiger partial charge >= 0.3 is 0 Å². The highest BCUT2D eigenvalue weighted by atomic mass is 16.5. The molecular formula is C16H20N4O2. The highest BCUT2D eigenvalue weighted by Gasteiger charge is 2.27. The zero-order chi connectivity index (χ0) is 15.4. The molecule has 6 nitrogen and oxygen atoms in total. The van der Waals surface area contributed by atoms with Crippen LogP contribution in [0.4, 0.5) is 0 Å². The van der Waals surface area contributed by atoms with Gasteiger partial charge in [-0.1, -0.05) is 5.16 Å². The molecule has 0 spiro atoms. The Morgan fingerprint density at radius 1 is 1.41 bits per heavy atom. The lowest BCUT2D eigenvalue weighted by Gasteiger charge is -2.31. The number of amides is 1. The van der Waals surface area contributed by atoms with Crippen molar-refractivity contribution in [3.8, 4) is 0 Å². The summed E-state index contributed by atoms with van der Waals surface area (Å²) in [5.41, 5.74) is 1.14. The first kappa shape index (κ1) is 14.7. The monoisotopic (exact) mass is 300 g/mol. The third kappa shape index (κ3) is 3.50. The number of carbonyl (C=O) groups excluding carboxylic acids is 1.